The third-order valence-corrected chi connectivity index (χ3v) is 8.00. The largest absolute Gasteiger partial charge is 0.470 e. The number of nitrogens with zero attached hydrogens (tertiary/aromatic N) is 4. The Morgan fingerprint density at radius 2 is 2.08 bits per heavy atom. The third-order valence-electron chi connectivity index (χ3n) is 5.75. The minimum atomic E-state index is -3.32. The van der Waals surface area contributed by atoms with Crippen molar-refractivity contribution in [3.63, 3.8) is 0 Å². The Morgan fingerprint density at radius 3 is 2.75 bits per heavy atom. The summed E-state index contributed by atoms with van der Waals surface area (Å²) >= 11 is 5.50. The highest BCUT2D eigenvalue weighted by atomic mass is 32.7. The number of aliphatic imine (C=N–C) groups is 1. The maximum Gasteiger partial charge on any atom is 0.326 e. The molecule has 0 aliphatic carbocycles. The van der Waals surface area contributed by atoms with Crippen LogP contribution < -0.4 is 26.6 Å². The second kappa shape index (κ2) is 11.3. The molecule has 15 nitrogen and oxygen atoms in total. The standard InChI is InChI=1S/C19H30N7O8PS/c1-5-29-19-32-13-10(6-30-35(36,34-21)25-11(9(2)3)18(27)28-4)31-17(14(13)33-19)26-8-24-12-15(20)22-7-23-16(12)26/h7-11,13-14,17,19H,5-6,21H2,1-4H3,(H,25,36)(H2,20,22,23)/q+1/t10-,11?,13-,14-,17-,19?,35?/m1/s1. The zero-order valence-electron chi connectivity index (χ0n) is 20.2. The molecule has 0 bridgehead atoms. The normalized spacial score (nSPS) is 29.3. The Hall–Kier alpha value is -1.72. The Labute approximate surface area is 213 Å². The van der Waals surface area contributed by atoms with Gasteiger partial charge in [0.25, 0.3) is 31.4 Å². The SMILES string of the molecule is CCOC1O[C@@H]2[C@H](O1)[C@@H](CO[P+]([S-])(NC(C(=O)OC)C(C)C)ON)O[C@H]2N1C=[N+]c2c(N)ncnc21. The van der Waals surface area contributed by atoms with E-state index < -0.39 is 50.1 Å². The number of ether oxygens (including phenoxy) is 5. The number of methoxy groups -OCH3 is 1. The van der Waals surface area contributed by atoms with Crippen LogP contribution in [0, 0.1) is 5.92 Å². The molecule has 4 heterocycles. The average Bonchev–Trinajstić information content (AvgIpc) is 3.55. The van der Waals surface area contributed by atoms with E-state index in [2.05, 4.69) is 20.0 Å². The third kappa shape index (κ3) is 5.43. The molecule has 3 unspecified atom stereocenters. The van der Waals surface area contributed by atoms with Crippen molar-refractivity contribution in [1.82, 2.24) is 20.0 Å². The summed E-state index contributed by atoms with van der Waals surface area (Å²) in [5, 5.41) is 2.90. The summed E-state index contributed by atoms with van der Waals surface area (Å²) in [5.41, 5.74) is 6.36. The number of hydrogen-bond acceptors (Lipinski definition) is 16. The van der Waals surface area contributed by atoms with Crippen LogP contribution in [0.15, 0.2) is 6.33 Å². The summed E-state index contributed by atoms with van der Waals surface area (Å²) in [6, 6.07) is -0.787. The van der Waals surface area contributed by atoms with Crippen LogP contribution in [0.25, 0.3) is 0 Å². The topological polar surface area (TPSA) is 189 Å². The van der Waals surface area contributed by atoms with Gasteiger partial charge in [0.1, 0.15) is 31.2 Å². The quantitative estimate of drug-likeness (QED) is 0.141. The van der Waals surface area contributed by atoms with E-state index in [9.17, 15) is 4.79 Å². The fourth-order valence-electron chi connectivity index (χ4n) is 3.98. The summed E-state index contributed by atoms with van der Waals surface area (Å²) in [6.07, 6.45) is 0.326. The molecule has 36 heavy (non-hydrogen) atoms. The van der Waals surface area contributed by atoms with E-state index in [0.717, 1.165) is 0 Å². The number of aromatic nitrogens is 2. The molecule has 17 heteroatoms. The maximum absolute atomic E-state index is 12.2. The molecule has 2 fully saturated rings. The van der Waals surface area contributed by atoms with Gasteiger partial charge in [-0.05, 0) is 17.8 Å². The minimum absolute atomic E-state index is 0.0862. The first-order chi connectivity index (χ1) is 17.2. The van der Waals surface area contributed by atoms with Gasteiger partial charge in [0.15, 0.2) is 11.9 Å². The molecule has 199 valence electrons. The molecular weight excluding hydrogens is 517 g/mol. The van der Waals surface area contributed by atoms with Crippen LogP contribution in [0.5, 0.6) is 0 Å². The highest BCUT2D eigenvalue weighted by Gasteiger charge is 2.59. The van der Waals surface area contributed by atoms with Gasteiger partial charge in [-0.3, -0.25) is 4.79 Å². The molecule has 0 saturated carbocycles. The van der Waals surface area contributed by atoms with Crippen molar-refractivity contribution in [2.45, 2.75) is 57.8 Å². The lowest BCUT2D eigenvalue weighted by Crippen LogP contribution is -2.43. The first-order valence-electron chi connectivity index (χ1n) is 11.2. The van der Waals surface area contributed by atoms with Gasteiger partial charge in [0.2, 0.25) is 6.23 Å². The fourth-order valence-corrected chi connectivity index (χ4v) is 5.78. The summed E-state index contributed by atoms with van der Waals surface area (Å²) < 4.78 is 39.4. The molecular formula is C19H30N7O8PS+. The van der Waals surface area contributed by atoms with Gasteiger partial charge in [0.05, 0.1) is 7.11 Å². The van der Waals surface area contributed by atoms with Crippen molar-refractivity contribution in [3.8, 4) is 0 Å². The lowest BCUT2D eigenvalue weighted by molar-refractivity contribution is -0.260. The van der Waals surface area contributed by atoms with Crippen LogP contribution in [0.4, 0.5) is 17.3 Å². The predicted molar refractivity (Wildman–Crippen MR) is 130 cm³/mol. The van der Waals surface area contributed by atoms with Gasteiger partial charge in [0, 0.05) is 6.61 Å². The second-order valence-electron chi connectivity index (χ2n) is 8.37. The Kier molecular flexibility index (Phi) is 8.61. The number of anilines is 2. The smallest absolute Gasteiger partial charge is 0.326 e. The molecule has 3 aliphatic rings. The second-order valence-corrected chi connectivity index (χ2v) is 11.5. The van der Waals surface area contributed by atoms with Crippen molar-refractivity contribution in [2.24, 2.45) is 11.8 Å². The highest BCUT2D eigenvalue weighted by molar-refractivity contribution is 8.37. The summed E-state index contributed by atoms with van der Waals surface area (Å²) in [4.78, 5) is 26.4. The van der Waals surface area contributed by atoms with E-state index in [-0.39, 0.29) is 18.3 Å². The molecule has 3 aliphatic heterocycles. The van der Waals surface area contributed by atoms with E-state index in [4.69, 9.17) is 56.7 Å². The molecule has 1 aromatic heterocycles. The van der Waals surface area contributed by atoms with Crippen molar-refractivity contribution in [1.29, 1.82) is 0 Å². The highest BCUT2D eigenvalue weighted by Crippen LogP contribution is 2.55. The van der Waals surface area contributed by atoms with Crippen LogP contribution in [-0.4, -0.2) is 79.7 Å². The first-order valence-corrected chi connectivity index (χ1v) is 13.8. The molecule has 1 aromatic rings. The molecule has 0 amide bonds. The predicted octanol–water partition coefficient (Wildman–Crippen LogP) is -0.378. The first kappa shape index (κ1) is 27.3. The van der Waals surface area contributed by atoms with Crippen LogP contribution in [0.3, 0.4) is 0 Å². The molecule has 7 atom stereocenters. The van der Waals surface area contributed by atoms with Crippen LogP contribution >= 0.6 is 7.07 Å². The molecule has 2 saturated heterocycles. The molecule has 0 spiro atoms. The van der Waals surface area contributed by atoms with Gasteiger partial charge < -0.3 is 41.7 Å². The zero-order valence-corrected chi connectivity index (χ0v) is 21.9. The number of rotatable bonds is 11. The number of carbonyl (C=O) groups excluding carboxylic acids is 1. The number of nitrogen functional groups attached to an aromatic ring is 1. The molecule has 1 radical (unpaired) electrons. The van der Waals surface area contributed by atoms with E-state index >= 15 is 0 Å². The van der Waals surface area contributed by atoms with Crippen molar-refractivity contribution >= 4 is 48.9 Å². The Bertz CT molecular complexity index is 980. The van der Waals surface area contributed by atoms with E-state index in [1.165, 1.54) is 19.8 Å². The number of hydrogen-bond donors (Lipinski definition) is 3. The van der Waals surface area contributed by atoms with Crippen molar-refractivity contribution in [2.75, 3.05) is 31.0 Å². The summed E-state index contributed by atoms with van der Waals surface area (Å²) in [7, 11) is -2.04. The monoisotopic (exact) mass is 547 g/mol. The van der Waals surface area contributed by atoms with E-state index in [1.54, 1.807) is 4.90 Å². The van der Waals surface area contributed by atoms with E-state index in [0.29, 0.717) is 18.1 Å². The van der Waals surface area contributed by atoms with E-state index in [1.807, 2.05) is 20.8 Å². The average molecular weight is 548 g/mol. The van der Waals surface area contributed by atoms with Gasteiger partial charge in [-0.2, -0.15) is 15.8 Å². The Balaban J connectivity index is 1.50. The fraction of sp³-hybridized carbons (Fsp3) is 0.684. The van der Waals surface area contributed by atoms with Gasteiger partial charge in [-0.25, -0.2) is 9.51 Å². The van der Waals surface area contributed by atoms with Gasteiger partial charge in [-0.1, -0.05) is 13.8 Å². The lowest BCUT2D eigenvalue weighted by atomic mass is 10.1. The van der Waals surface area contributed by atoms with Gasteiger partial charge >= 0.3 is 5.97 Å². The summed E-state index contributed by atoms with van der Waals surface area (Å²) in [6.45, 7) is 4.87. The van der Waals surface area contributed by atoms with Crippen LogP contribution in [-0.2, 0) is 49.9 Å². The van der Waals surface area contributed by atoms with Crippen LogP contribution in [0.2, 0.25) is 0 Å². The molecule has 4 rings (SSSR count). The van der Waals surface area contributed by atoms with Gasteiger partial charge in [-0.15, -0.1) is 9.71 Å². The molecule has 0 aromatic carbocycles. The number of carbonyl (C=O) groups is 1. The maximum atomic E-state index is 12.2. The zero-order chi connectivity index (χ0) is 26.0. The lowest BCUT2D eigenvalue weighted by Gasteiger charge is -2.31. The number of nitrogens with two attached hydrogens (primary N) is 2. The van der Waals surface area contributed by atoms with Crippen LogP contribution in [0.1, 0.15) is 20.8 Å². The van der Waals surface area contributed by atoms with Crippen molar-refractivity contribution < 1.29 is 37.6 Å². The molecule has 5 N–H and O–H groups in total. The van der Waals surface area contributed by atoms with Crippen molar-refractivity contribution in [3.05, 3.63) is 6.33 Å². The number of fused-ring (bicyclic) bond motifs is 2. The number of esters is 1. The number of nitrogens with one attached hydrogen (secondary N) is 1. The Morgan fingerprint density at radius 1 is 1.33 bits per heavy atom. The minimum Gasteiger partial charge on any atom is -0.470 e. The summed E-state index contributed by atoms with van der Waals surface area (Å²) in [5.74, 6) is 5.50.